The molecule has 0 spiro atoms. The monoisotopic (exact) mass is 285 g/mol. The molecule has 1 N–H and O–H groups in total. The van der Waals surface area contributed by atoms with Crippen molar-refractivity contribution in [1.82, 2.24) is 4.98 Å². The molecule has 0 atom stereocenters. The van der Waals surface area contributed by atoms with E-state index in [1.165, 1.54) is 0 Å². The summed E-state index contributed by atoms with van der Waals surface area (Å²) in [6, 6.07) is 0.948. The average molecular weight is 286 g/mol. The number of rotatable bonds is 2. The highest BCUT2D eigenvalue weighted by Gasteiger charge is 2.19. The third kappa shape index (κ3) is 2.19. The molecule has 1 rings (SSSR count). The number of nitrogens with zero attached hydrogens (tertiary/aromatic N) is 1. The van der Waals surface area contributed by atoms with Gasteiger partial charge in [-0.25, -0.2) is 18.6 Å². The van der Waals surface area contributed by atoms with Crippen LogP contribution in [0.25, 0.3) is 0 Å². The van der Waals surface area contributed by atoms with E-state index in [9.17, 15) is 13.6 Å². The van der Waals surface area contributed by atoms with Crippen molar-refractivity contribution < 1.29 is 18.7 Å². The SMILES string of the molecule is O=C(O)c1nc(Cl)c(C(F)F)cc1Br. The first kappa shape index (κ1) is 11.3. The van der Waals surface area contributed by atoms with Crippen LogP contribution in [0.5, 0.6) is 0 Å². The first-order valence-electron chi connectivity index (χ1n) is 3.31. The van der Waals surface area contributed by atoms with Crippen molar-refractivity contribution in [1.29, 1.82) is 0 Å². The second-order valence-electron chi connectivity index (χ2n) is 2.30. The highest BCUT2D eigenvalue weighted by Crippen LogP contribution is 2.29. The van der Waals surface area contributed by atoms with Gasteiger partial charge >= 0.3 is 5.97 Å². The zero-order chi connectivity index (χ0) is 10.9. The van der Waals surface area contributed by atoms with Gasteiger partial charge < -0.3 is 5.11 Å². The van der Waals surface area contributed by atoms with Gasteiger partial charge in [0.05, 0.1) is 10.0 Å². The number of aromatic carboxylic acids is 1. The van der Waals surface area contributed by atoms with Crippen LogP contribution in [0.2, 0.25) is 5.15 Å². The summed E-state index contributed by atoms with van der Waals surface area (Å²) < 4.78 is 24.5. The Labute approximate surface area is 90.8 Å². The molecule has 0 saturated carbocycles. The molecular formula is C7H3BrClF2NO2. The molecule has 3 nitrogen and oxygen atoms in total. The maximum Gasteiger partial charge on any atom is 0.355 e. The predicted molar refractivity (Wildman–Crippen MR) is 48.9 cm³/mol. The minimum absolute atomic E-state index is 0.0234. The Hall–Kier alpha value is -0.750. The van der Waals surface area contributed by atoms with Crippen molar-refractivity contribution >= 4 is 33.5 Å². The minimum atomic E-state index is -2.78. The van der Waals surface area contributed by atoms with E-state index in [-0.39, 0.29) is 10.2 Å². The highest BCUT2D eigenvalue weighted by molar-refractivity contribution is 9.10. The van der Waals surface area contributed by atoms with E-state index in [0.29, 0.717) is 0 Å². The zero-order valence-electron chi connectivity index (χ0n) is 6.47. The Morgan fingerprint density at radius 1 is 1.64 bits per heavy atom. The maximum absolute atomic E-state index is 12.2. The third-order valence-electron chi connectivity index (χ3n) is 1.39. The van der Waals surface area contributed by atoms with E-state index in [2.05, 4.69) is 20.9 Å². The number of aromatic nitrogens is 1. The van der Waals surface area contributed by atoms with Crippen molar-refractivity contribution in [2.45, 2.75) is 6.43 Å². The van der Waals surface area contributed by atoms with Crippen LogP contribution in [0.3, 0.4) is 0 Å². The summed E-state index contributed by atoms with van der Waals surface area (Å²) in [7, 11) is 0. The predicted octanol–water partition coefficient (Wildman–Crippen LogP) is 3.13. The minimum Gasteiger partial charge on any atom is -0.476 e. The summed E-state index contributed by atoms with van der Waals surface area (Å²) in [5.74, 6) is -1.33. The first-order valence-corrected chi connectivity index (χ1v) is 4.48. The molecule has 0 aliphatic heterocycles. The molecule has 0 bridgehead atoms. The summed E-state index contributed by atoms with van der Waals surface area (Å²) in [5.41, 5.74) is -0.886. The Bertz CT molecular complexity index is 386. The van der Waals surface area contributed by atoms with E-state index >= 15 is 0 Å². The quantitative estimate of drug-likeness (QED) is 0.850. The normalized spacial score (nSPS) is 10.6. The summed E-state index contributed by atoms with van der Waals surface area (Å²) in [6.45, 7) is 0. The van der Waals surface area contributed by atoms with Crippen molar-refractivity contribution in [2.75, 3.05) is 0 Å². The van der Waals surface area contributed by atoms with Crippen LogP contribution in [0.1, 0.15) is 22.5 Å². The fourth-order valence-electron chi connectivity index (χ4n) is 0.784. The van der Waals surface area contributed by atoms with Gasteiger partial charge in [-0.05, 0) is 22.0 Å². The molecule has 0 amide bonds. The van der Waals surface area contributed by atoms with Gasteiger partial charge in [0.2, 0.25) is 0 Å². The first-order chi connectivity index (χ1) is 6.43. The van der Waals surface area contributed by atoms with Gasteiger partial charge in [0, 0.05) is 0 Å². The van der Waals surface area contributed by atoms with Crippen LogP contribution in [0, 0.1) is 0 Å². The summed E-state index contributed by atoms with van der Waals surface area (Å²) in [6.07, 6.45) is -2.78. The van der Waals surface area contributed by atoms with Gasteiger partial charge in [0.25, 0.3) is 6.43 Å². The third-order valence-corrected chi connectivity index (χ3v) is 2.30. The number of hydrogen-bond donors (Lipinski definition) is 1. The van der Waals surface area contributed by atoms with Gasteiger partial charge in [-0.15, -0.1) is 0 Å². The molecule has 0 aliphatic rings. The number of carboxylic acid groups (broad SMARTS) is 1. The molecule has 0 aliphatic carbocycles. The topological polar surface area (TPSA) is 50.2 Å². The number of carboxylic acids is 1. The Morgan fingerprint density at radius 2 is 2.21 bits per heavy atom. The lowest BCUT2D eigenvalue weighted by atomic mass is 10.2. The van der Waals surface area contributed by atoms with Gasteiger partial charge in [-0.3, -0.25) is 0 Å². The smallest absolute Gasteiger partial charge is 0.355 e. The number of carbonyl (C=O) groups is 1. The van der Waals surface area contributed by atoms with E-state index in [0.717, 1.165) is 6.07 Å². The molecule has 14 heavy (non-hydrogen) atoms. The maximum atomic E-state index is 12.2. The van der Waals surface area contributed by atoms with Crippen LogP contribution in [0.15, 0.2) is 10.5 Å². The summed E-state index contributed by atoms with van der Waals surface area (Å²) >= 11 is 8.18. The molecule has 76 valence electrons. The molecule has 0 unspecified atom stereocenters. The number of halogens is 4. The molecule has 1 aromatic rings. The van der Waals surface area contributed by atoms with Crippen LogP contribution in [0.4, 0.5) is 8.78 Å². The molecule has 0 saturated heterocycles. The lowest BCUT2D eigenvalue weighted by Gasteiger charge is -2.04. The molecule has 0 radical (unpaired) electrons. The van der Waals surface area contributed by atoms with Crippen molar-refractivity contribution in [3.05, 3.63) is 26.9 Å². The molecular weight excluding hydrogens is 283 g/mol. The molecule has 1 heterocycles. The molecule has 7 heteroatoms. The van der Waals surface area contributed by atoms with Crippen LogP contribution in [-0.4, -0.2) is 16.1 Å². The lowest BCUT2D eigenvalue weighted by molar-refractivity contribution is 0.0688. The van der Waals surface area contributed by atoms with Crippen LogP contribution >= 0.6 is 27.5 Å². The number of pyridine rings is 1. The number of hydrogen-bond acceptors (Lipinski definition) is 2. The molecule has 1 aromatic heterocycles. The summed E-state index contributed by atoms with van der Waals surface area (Å²) in [5, 5.41) is 8.08. The van der Waals surface area contributed by atoms with E-state index in [1.807, 2.05) is 0 Å². The fourth-order valence-corrected chi connectivity index (χ4v) is 1.51. The second-order valence-corrected chi connectivity index (χ2v) is 3.52. The van der Waals surface area contributed by atoms with Gasteiger partial charge in [-0.1, -0.05) is 11.6 Å². The van der Waals surface area contributed by atoms with E-state index in [1.54, 1.807) is 0 Å². The van der Waals surface area contributed by atoms with Crippen LogP contribution in [-0.2, 0) is 0 Å². The largest absolute Gasteiger partial charge is 0.476 e. The van der Waals surface area contributed by atoms with Gasteiger partial charge in [0.15, 0.2) is 5.69 Å². The summed E-state index contributed by atoms with van der Waals surface area (Å²) in [4.78, 5) is 13.8. The van der Waals surface area contributed by atoms with Crippen molar-refractivity contribution in [2.24, 2.45) is 0 Å². The fraction of sp³-hybridized carbons (Fsp3) is 0.143. The molecule has 0 fully saturated rings. The zero-order valence-corrected chi connectivity index (χ0v) is 8.81. The van der Waals surface area contributed by atoms with Crippen molar-refractivity contribution in [3.63, 3.8) is 0 Å². The van der Waals surface area contributed by atoms with Gasteiger partial charge in [0.1, 0.15) is 5.15 Å². The molecule has 0 aromatic carbocycles. The Morgan fingerprint density at radius 3 is 2.64 bits per heavy atom. The second kappa shape index (κ2) is 4.18. The van der Waals surface area contributed by atoms with Crippen molar-refractivity contribution in [3.8, 4) is 0 Å². The number of alkyl halides is 2. The average Bonchev–Trinajstić information content (AvgIpc) is 2.07. The highest BCUT2D eigenvalue weighted by atomic mass is 79.9. The van der Waals surface area contributed by atoms with E-state index in [4.69, 9.17) is 16.7 Å². The van der Waals surface area contributed by atoms with Gasteiger partial charge in [-0.2, -0.15) is 0 Å². The Kier molecular flexibility index (Phi) is 3.38. The standard InChI is InChI=1S/C7H3BrClF2NO2/c8-3-1-2(6(10)11)5(9)12-4(3)7(13)14/h1,6H,(H,13,14). The lowest BCUT2D eigenvalue weighted by Crippen LogP contribution is -2.03. The Balaban J connectivity index is 3.31. The van der Waals surface area contributed by atoms with E-state index < -0.39 is 23.1 Å². The van der Waals surface area contributed by atoms with Crippen LogP contribution < -0.4 is 0 Å².